The number of benzene rings is 2. The number of anilines is 1. The van der Waals surface area contributed by atoms with Gasteiger partial charge >= 0.3 is 0 Å². The maximum absolute atomic E-state index is 12.3. The first-order valence-electron chi connectivity index (χ1n) is 6.03. The molecule has 0 saturated heterocycles. The molecule has 4 nitrogen and oxygen atoms in total. The molecule has 0 aromatic heterocycles. The molecule has 110 valence electrons. The van der Waals surface area contributed by atoms with Gasteiger partial charge in [-0.15, -0.1) is 0 Å². The molecule has 0 unspecified atom stereocenters. The van der Waals surface area contributed by atoms with Crippen LogP contribution in [0, 0.1) is 3.57 Å². The summed E-state index contributed by atoms with van der Waals surface area (Å²) in [4.78, 5) is 12.3. The van der Waals surface area contributed by atoms with E-state index < -0.39 is 0 Å². The van der Waals surface area contributed by atoms with Crippen LogP contribution in [-0.4, -0.2) is 20.1 Å². The number of hydrogen-bond donors (Lipinski definition) is 1. The Morgan fingerprint density at radius 3 is 2.52 bits per heavy atom. The Balaban J connectivity index is 2.28. The fraction of sp³-hybridized carbons (Fsp3) is 0.133. The Hall–Kier alpha value is -1.47. The van der Waals surface area contributed by atoms with Gasteiger partial charge in [0.25, 0.3) is 5.91 Å². The molecule has 0 aliphatic heterocycles. The zero-order valence-corrected chi connectivity index (χ0v) is 14.4. The minimum absolute atomic E-state index is 0.294. The van der Waals surface area contributed by atoms with E-state index in [1.165, 1.54) is 7.11 Å². The lowest BCUT2D eigenvalue weighted by Crippen LogP contribution is -2.13. The summed E-state index contributed by atoms with van der Waals surface area (Å²) in [5.74, 6) is 0.766. The molecule has 0 aliphatic rings. The number of halogens is 2. The van der Waals surface area contributed by atoms with Crippen LogP contribution >= 0.6 is 34.2 Å². The Bertz CT molecular complexity index is 676. The largest absolute Gasteiger partial charge is 0.497 e. The van der Waals surface area contributed by atoms with E-state index in [1.54, 1.807) is 37.4 Å². The average Bonchev–Trinajstić information content (AvgIpc) is 2.49. The van der Waals surface area contributed by atoms with Crippen LogP contribution in [0.2, 0.25) is 5.02 Å². The van der Waals surface area contributed by atoms with Gasteiger partial charge in [-0.25, -0.2) is 0 Å². The number of nitrogens with one attached hydrogen (secondary N) is 1. The lowest BCUT2D eigenvalue weighted by Gasteiger charge is -2.11. The van der Waals surface area contributed by atoms with Crippen molar-refractivity contribution in [2.75, 3.05) is 19.5 Å². The summed E-state index contributed by atoms with van der Waals surface area (Å²) < 4.78 is 11.3. The first-order valence-corrected chi connectivity index (χ1v) is 7.49. The molecule has 0 saturated carbocycles. The Labute approximate surface area is 141 Å². The topological polar surface area (TPSA) is 47.6 Å². The van der Waals surface area contributed by atoms with E-state index in [1.807, 2.05) is 6.07 Å². The van der Waals surface area contributed by atoms with Crippen molar-refractivity contribution in [2.45, 2.75) is 0 Å². The van der Waals surface area contributed by atoms with Gasteiger partial charge in [-0.2, -0.15) is 0 Å². The number of carbonyl (C=O) groups is 1. The smallest absolute Gasteiger partial charge is 0.259 e. The van der Waals surface area contributed by atoms with Crippen LogP contribution in [0.5, 0.6) is 11.5 Å². The molecule has 2 rings (SSSR count). The molecule has 0 heterocycles. The van der Waals surface area contributed by atoms with Crippen LogP contribution in [0.25, 0.3) is 0 Å². The van der Waals surface area contributed by atoms with Gasteiger partial charge in [0.05, 0.1) is 30.5 Å². The zero-order valence-electron chi connectivity index (χ0n) is 11.4. The summed E-state index contributed by atoms with van der Waals surface area (Å²) in [5, 5.41) is 3.26. The van der Waals surface area contributed by atoms with E-state index in [-0.39, 0.29) is 5.91 Å². The van der Waals surface area contributed by atoms with E-state index >= 15 is 0 Å². The van der Waals surface area contributed by atoms with E-state index in [2.05, 4.69) is 27.9 Å². The molecule has 1 amide bonds. The molecular weight excluding hydrogens is 405 g/mol. The van der Waals surface area contributed by atoms with Gasteiger partial charge in [-0.05, 0) is 52.9 Å². The van der Waals surface area contributed by atoms with Crippen LogP contribution < -0.4 is 14.8 Å². The molecular formula is C15H13ClINO3. The molecule has 2 aromatic carbocycles. The molecule has 6 heteroatoms. The second kappa shape index (κ2) is 7.00. The lowest BCUT2D eigenvalue weighted by atomic mass is 10.1. The third-order valence-corrected chi connectivity index (χ3v) is 3.82. The zero-order chi connectivity index (χ0) is 15.4. The van der Waals surface area contributed by atoms with Crippen LogP contribution in [-0.2, 0) is 0 Å². The summed E-state index contributed by atoms with van der Waals surface area (Å²) in [6.07, 6.45) is 0. The maximum atomic E-state index is 12.3. The van der Waals surface area contributed by atoms with Gasteiger partial charge < -0.3 is 14.8 Å². The normalized spacial score (nSPS) is 10.1. The van der Waals surface area contributed by atoms with Crippen LogP contribution in [0.3, 0.4) is 0 Å². The fourth-order valence-electron chi connectivity index (χ4n) is 1.77. The van der Waals surface area contributed by atoms with Gasteiger partial charge in [-0.3, -0.25) is 4.79 Å². The minimum Gasteiger partial charge on any atom is -0.497 e. The monoisotopic (exact) mass is 417 g/mol. The van der Waals surface area contributed by atoms with Crippen molar-refractivity contribution in [1.82, 2.24) is 0 Å². The summed E-state index contributed by atoms with van der Waals surface area (Å²) >= 11 is 8.27. The highest BCUT2D eigenvalue weighted by Crippen LogP contribution is 2.28. The predicted molar refractivity (Wildman–Crippen MR) is 91.7 cm³/mol. The number of amides is 1. The molecule has 21 heavy (non-hydrogen) atoms. The van der Waals surface area contributed by atoms with E-state index in [4.69, 9.17) is 21.1 Å². The van der Waals surface area contributed by atoms with Crippen molar-refractivity contribution in [3.05, 3.63) is 50.6 Å². The quantitative estimate of drug-likeness (QED) is 0.758. The van der Waals surface area contributed by atoms with E-state index in [9.17, 15) is 4.79 Å². The van der Waals surface area contributed by atoms with Gasteiger partial charge in [0.1, 0.15) is 11.5 Å². The highest BCUT2D eigenvalue weighted by Gasteiger charge is 2.14. The first kappa shape index (κ1) is 15.9. The first-order chi connectivity index (χ1) is 10.0. The maximum Gasteiger partial charge on any atom is 0.259 e. The Morgan fingerprint density at radius 2 is 1.90 bits per heavy atom. The molecule has 0 spiro atoms. The Morgan fingerprint density at radius 1 is 1.14 bits per heavy atom. The number of rotatable bonds is 4. The van der Waals surface area contributed by atoms with Gasteiger partial charge in [0.15, 0.2) is 0 Å². The second-order valence-corrected chi connectivity index (χ2v) is 5.80. The third kappa shape index (κ3) is 3.79. The van der Waals surface area contributed by atoms with E-state index in [0.29, 0.717) is 27.8 Å². The predicted octanol–water partition coefficient (Wildman–Crippen LogP) is 4.21. The molecule has 2 aromatic rings. The lowest BCUT2D eigenvalue weighted by molar-refractivity contribution is 0.102. The molecule has 0 bridgehead atoms. The average molecular weight is 418 g/mol. The minimum atomic E-state index is -0.294. The number of carbonyl (C=O) groups excluding carboxylic acids is 1. The second-order valence-electron chi connectivity index (χ2n) is 4.14. The fourth-order valence-corrected chi connectivity index (χ4v) is 2.67. The molecule has 0 aliphatic carbocycles. The standard InChI is InChI=1S/C15H13ClINO3/c1-20-10-4-5-11(14(8-10)21-2)15(19)18-13-6-3-9(17)7-12(13)16/h3-8H,1-2H3,(H,18,19). The number of hydrogen-bond acceptors (Lipinski definition) is 3. The van der Waals surface area contributed by atoms with Crippen molar-refractivity contribution in [3.63, 3.8) is 0 Å². The van der Waals surface area contributed by atoms with Crippen molar-refractivity contribution in [2.24, 2.45) is 0 Å². The van der Waals surface area contributed by atoms with Crippen molar-refractivity contribution < 1.29 is 14.3 Å². The summed E-state index contributed by atoms with van der Waals surface area (Å²) in [6.45, 7) is 0. The third-order valence-electron chi connectivity index (χ3n) is 2.83. The van der Waals surface area contributed by atoms with Crippen LogP contribution in [0.15, 0.2) is 36.4 Å². The number of ether oxygens (including phenoxy) is 2. The highest BCUT2D eigenvalue weighted by atomic mass is 127. The van der Waals surface area contributed by atoms with Gasteiger partial charge in [0, 0.05) is 9.64 Å². The van der Waals surface area contributed by atoms with Gasteiger partial charge in [-0.1, -0.05) is 11.6 Å². The van der Waals surface area contributed by atoms with Crippen LogP contribution in [0.4, 0.5) is 5.69 Å². The van der Waals surface area contributed by atoms with Crippen LogP contribution in [0.1, 0.15) is 10.4 Å². The summed E-state index contributed by atoms with van der Waals surface area (Å²) in [6, 6.07) is 10.4. The summed E-state index contributed by atoms with van der Waals surface area (Å²) in [5.41, 5.74) is 0.966. The highest BCUT2D eigenvalue weighted by molar-refractivity contribution is 14.1. The Kier molecular flexibility index (Phi) is 5.30. The summed E-state index contributed by atoms with van der Waals surface area (Å²) in [7, 11) is 3.06. The molecule has 0 radical (unpaired) electrons. The SMILES string of the molecule is COc1ccc(C(=O)Nc2ccc(I)cc2Cl)c(OC)c1. The van der Waals surface area contributed by atoms with E-state index in [0.717, 1.165) is 3.57 Å². The molecule has 1 N–H and O–H groups in total. The molecule has 0 fully saturated rings. The van der Waals surface area contributed by atoms with Gasteiger partial charge in [0.2, 0.25) is 0 Å². The van der Waals surface area contributed by atoms with Crippen molar-refractivity contribution >= 4 is 45.8 Å². The molecule has 0 atom stereocenters. The number of methoxy groups -OCH3 is 2. The van der Waals surface area contributed by atoms with Crippen molar-refractivity contribution in [3.8, 4) is 11.5 Å². The van der Waals surface area contributed by atoms with Crippen molar-refractivity contribution in [1.29, 1.82) is 0 Å².